The first-order valence-corrected chi connectivity index (χ1v) is 4.98. The number of rotatable bonds is 5. The highest BCUT2D eigenvalue weighted by Crippen LogP contribution is 1.78. The van der Waals surface area contributed by atoms with Crippen molar-refractivity contribution in [3.63, 3.8) is 0 Å². The first-order chi connectivity index (χ1) is 6.91. The molecule has 0 aromatic carbocycles. The molecule has 14 heavy (non-hydrogen) atoms. The maximum Gasteiger partial charge on any atom is 0.107 e. The van der Waals surface area contributed by atoms with E-state index < -0.39 is 0 Å². The molecule has 0 fully saturated rings. The smallest absolute Gasteiger partial charge is 0.107 e. The fourth-order valence-electron chi connectivity index (χ4n) is 0.716. The van der Waals surface area contributed by atoms with Crippen molar-refractivity contribution >= 4 is 0 Å². The summed E-state index contributed by atoms with van der Waals surface area (Å²) in [7, 11) is 0. The highest BCUT2D eigenvalue weighted by Gasteiger charge is 1.84. The first kappa shape index (κ1) is 13.0. The molecule has 0 spiro atoms. The lowest BCUT2D eigenvalue weighted by Gasteiger charge is -1.99. The third-order valence-corrected chi connectivity index (χ3v) is 1.32. The van der Waals surface area contributed by atoms with E-state index >= 15 is 0 Å². The first-order valence-electron chi connectivity index (χ1n) is 4.98. The Morgan fingerprint density at radius 3 is 1.50 bits per heavy atom. The Balaban J connectivity index is 3.06. The summed E-state index contributed by atoms with van der Waals surface area (Å²) in [5.74, 6) is 11.6. The zero-order valence-corrected chi connectivity index (χ0v) is 9.06. The number of hydrogen-bond donors (Lipinski definition) is 0. The van der Waals surface area contributed by atoms with Gasteiger partial charge in [0.1, 0.15) is 13.2 Å². The summed E-state index contributed by atoms with van der Waals surface area (Å²) < 4.78 is 10.4. The van der Waals surface area contributed by atoms with E-state index in [0.717, 1.165) is 12.8 Å². The summed E-state index contributed by atoms with van der Waals surface area (Å²) in [6.07, 6.45) is 1.76. The van der Waals surface area contributed by atoms with E-state index in [2.05, 4.69) is 23.7 Å². The van der Waals surface area contributed by atoms with Gasteiger partial charge in [0, 0.05) is 12.8 Å². The topological polar surface area (TPSA) is 18.5 Å². The molecule has 0 saturated heterocycles. The van der Waals surface area contributed by atoms with Gasteiger partial charge < -0.3 is 9.47 Å². The van der Waals surface area contributed by atoms with Crippen LogP contribution < -0.4 is 0 Å². The van der Waals surface area contributed by atoms with Crippen molar-refractivity contribution in [2.24, 2.45) is 0 Å². The second-order valence-electron chi connectivity index (χ2n) is 2.52. The monoisotopic (exact) mass is 194 g/mol. The summed E-state index contributed by atoms with van der Waals surface area (Å²) in [5, 5.41) is 0. The van der Waals surface area contributed by atoms with Crippen molar-refractivity contribution in [3.05, 3.63) is 0 Å². The van der Waals surface area contributed by atoms with E-state index in [-0.39, 0.29) is 0 Å². The van der Waals surface area contributed by atoms with Crippen molar-refractivity contribution in [2.45, 2.75) is 26.7 Å². The lowest BCUT2D eigenvalue weighted by Crippen LogP contribution is -2.04. The Hall–Kier alpha value is -0.960. The molecule has 2 nitrogen and oxygen atoms in total. The normalized spacial score (nSPS) is 8.43. The molecule has 0 aliphatic carbocycles. The van der Waals surface area contributed by atoms with E-state index in [1.807, 2.05) is 13.8 Å². The molecule has 78 valence electrons. The van der Waals surface area contributed by atoms with E-state index in [9.17, 15) is 0 Å². The minimum absolute atomic E-state index is 0.498. The summed E-state index contributed by atoms with van der Waals surface area (Å²) >= 11 is 0. The highest BCUT2D eigenvalue weighted by atomic mass is 16.5. The Labute approximate surface area is 87.0 Å². The molecular weight excluding hydrogens is 176 g/mol. The average Bonchev–Trinajstić information content (AvgIpc) is 2.21. The van der Waals surface area contributed by atoms with Crippen molar-refractivity contribution < 1.29 is 9.47 Å². The molecule has 0 aliphatic heterocycles. The Morgan fingerprint density at radius 1 is 0.714 bits per heavy atom. The fourth-order valence-corrected chi connectivity index (χ4v) is 0.716. The predicted octanol–water partition coefficient (Wildman–Crippen LogP) is 1.85. The Bertz CT molecular complexity index is 198. The van der Waals surface area contributed by atoms with Crippen LogP contribution in [-0.2, 0) is 9.47 Å². The average molecular weight is 194 g/mol. The summed E-state index contributed by atoms with van der Waals surface area (Å²) in [6.45, 7) is 6.21. The maximum atomic E-state index is 5.20. The molecule has 0 radical (unpaired) electrons. The van der Waals surface area contributed by atoms with Crippen molar-refractivity contribution in [1.29, 1.82) is 0 Å². The molecule has 0 heterocycles. The van der Waals surface area contributed by atoms with Gasteiger partial charge in [-0.1, -0.05) is 25.7 Å². The summed E-state index contributed by atoms with van der Waals surface area (Å²) in [4.78, 5) is 0. The standard InChI is InChI=1S/C12H18O2/c1-3-5-7-9-13-11-12-14-10-8-6-4-2/h3-4,9-12H2,1-2H3. The van der Waals surface area contributed by atoms with Crippen LogP contribution in [0.4, 0.5) is 0 Å². The zero-order valence-electron chi connectivity index (χ0n) is 9.06. The summed E-state index contributed by atoms with van der Waals surface area (Å²) in [6, 6.07) is 0. The second kappa shape index (κ2) is 12.0. The van der Waals surface area contributed by atoms with Crippen LogP contribution in [0.25, 0.3) is 0 Å². The fraction of sp³-hybridized carbons (Fsp3) is 0.667. The van der Waals surface area contributed by atoms with Crippen molar-refractivity contribution in [2.75, 3.05) is 26.4 Å². The van der Waals surface area contributed by atoms with E-state index in [1.54, 1.807) is 0 Å². The number of hydrogen-bond acceptors (Lipinski definition) is 2. The Morgan fingerprint density at radius 2 is 1.14 bits per heavy atom. The van der Waals surface area contributed by atoms with Crippen LogP contribution in [0.5, 0.6) is 0 Å². The quantitative estimate of drug-likeness (QED) is 0.491. The molecule has 0 aromatic heterocycles. The maximum absolute atomic E-state index is 5.20. The molecule has 0 unspecified atom stereocenters. The molecule has 0 amide bonds. The van der Waals surface area contributed by atoms with Gasteiger partial charge in [-0.15, -0.1) is 11.8 Å². The van der Waals surface area contributed by atoms with Crippen LogP contribution in [0, 0.1) is 23.7 Å². The highest BCUT2D eigenvalue weighted by molar-refractivity contribution is 4.98. The van der Waals surface area contributed by atoms with Gasteiger partial charge >= 0.3 is 0 Å². The number of ether oxygens (including phenoxy) is 2. The van der Waals surface area contributed by atoms with Crippen LogP contribution in [0.1, 0.15) is 26.7 Å². The van der Waals surface area contributed by atoms with Crippen LogP contribution in [-0.4, -0.2) is 26.4 Å². The third-order valence-electron chi connectivity index (χ3n) is 1.32. The second-order valence-corrected chi connectivity index (χ2v) is 2.52. The molecule has 0 N–H and O–H groups in total. The minimum Gasteiger partial charge on any atom is -0.366 e. The SMILES string of the molecule is CCC#CCOCCOCC#CCC. The molecular formula is C12H18O2. The van der Waals surface area contributed by atoms with Crippen LogP contribution in [0.3, 0.4) is 0 Å². The van der Waals surface area contributed by atoms with Gasteiger partial charge in [0.05, 0.1) is 13.2 Å². The largest absolute Gasteiger partial charge is 0.366 e. The van der Waals surface area contributed by atoms with Gasteiger partial charge in [0.25, 0.3) is 0 Å². The molecule has 0 bridgehead atoms. The Kier molecular flexibility index (Phi) is 11.2. The lowest BCUT2D eigenvalue weighted by atomic mass is 10.5. The summed E-state index contributed by atoms with van der Waals surface area (Å²) in [5.41, 5.74) is 0. The third kappa shape index (κ3) is 11.0. The molecule has 0 saturated carbocycles. The lowest BCUT2D eigenvalue weighted by molar-refractivity contribution is 0.0749. The molecule has 0 atom stereocenters. The molecule has 0 aromatic rings. The molecule has 0 aliphatic rings. The van der Waals surface area contributed by atoms with Gasteiger partial charge in [-0.25, -0.2) is 0 Å². The van der Waals surface area contributed by atoms with Gasteiger partial charge in [0.15, 0.2) is 0 Å². The molecule has 0 rings (SSSR count). The zero-order chi connectivity index (χ0) is 10.5. The van der Waals surface area contributed by atoms with Gasteiger partial charge in [-0.2, -0.15) is 0 Å². The van der Waals surface area contributed by atoms with Crippen LogP contribution in [0.15, 0.2) is 0 Å². The van der Waals surface area contributed by atoms with E-state index in [1.165, 1.54) is 0 Å². The van der Waals surface area contributed by atoms with Crippen LogP contribution >= 0.6 is 0 Å². The van der Waals surface area contributed by atoms with Gasteiger partial charge in [-0.05, 0) is 0 Å². The van der Waals surface area contributed by atoms with Gasteiger partial charge in [0.2, 0.25) is 0 Å². The minimum atomic E-state index is 0.498. The van der Waals surface area contributed by atoms with Gasteiger partial charge in [-0.3, -0.25) is 0 Å². The molecule has 2 heteroatoms. The van der Waals surface area contributed by atoms with E-state index in [4.69, 9.17) is 9.47 Å². The van der Waals surface area contributed by atoms with Crippen LogP contribution in [0.2, 0.25) is 0 Å². The van der Waals surface area contributed by atoms with E-state index in [0.29, 0.717) is 26.4 Å². The van der Waals surface area contributed by atoms with Crippen molar-refractivity contribution in [1.82, 2.24) is 0 Å². The predicted molar refractivity (Wildman–Crippen MR) is 57.8 cm³/mol. The van der Waals surface area contributed by atoms with Crippen molar-refractivity contribution in [3.8, 4) is 23.7 Å².